The van der Waals surface area contributed by atoms with Gasteiger partial charge in [-0.05, 0) is 88.0 Å². The molecule has 0 saturated carbocycles. The van der Waals surface area contributed by atoms with Gasteiger partial charge in [-0.1, -0.05) is 148 Å². The van der Waals surface area contributed by atoms with Gasteiger partial charge in [0.1, 0.15) is 6.29 Å². The first-order valence-corrected chi connectivity index (χ1v) is 14.7. The molecule has 0 aliphatic rings. The Kier molecular flexibility index (Phi) is 21.9. The number of hydrogen-bond donors (Lipinski definition) is 0. The zero-order valence-electron chi connectivity index (χ0n) is 27.2. The van der Waals surface area contributed by atoms with Crippen molar-refractivity contribution in [1.82, 2.24) is 0 Å². The van der Waals surface area contributed by atoms with E-state index in [-0.39, 0.29) is 0 Å². The summed E-state index contributed by atoms with van der Waals surface area (Å²) in [4.78, 5) is 11.4. The van der Waals surface area contributed by atoms with Gasteiger partial charge in [-0.2, -0.15) is 0 Å². The highest BCUT2D eigenvalue weighted by molar-refractivity contribution is 5.78. The molecule has 0 aromatic rings. The Morgan fingerprint density at radius 3 is 1.22 bits per heavy atom. The lowest BCUT2D eigenvalue weighted by molar-refractivity contribution is -0.104. The van der Waals surface area contributed by atoms with Crippen molar-refractivity contribution in [3.05, 3.63) is 154 Å². The minimum atomic E-state index is 0.623. The number of aldehydes is 1. The van der Waals surface area contributed by atoms with Gasteiger partial charge in [-0.25, -0.2) is 0 Å². The molecule has 41 heavy (non-hydrogen) atoms. The molecule has 0 aromatic heterocycles. The molecular formula is C40H54O. The quantitative estimate of drug-likeness (QED) is 0.0761. The van der Waals surface area contributed by atoms with E-state index < -0.39 is 0 Å². The van der Waals surface area contributed by atoms with Gasteiger partial charge in [0.15, 0.2) is 0 Å². The third-order valence-corrected chi connectivity index (χ3v) is 5.92. The van der Waals surface area contributed by atoms with Crippen molar-refractivity contribution in [3.8, 4) is 0 Å². The van der Waals surface area contributed by atoms with Gasteiger partial charge in [0, 0.05) is 5.57 Å². The average molecular weight is 551 g/mol. The number of allylic oxidation sites excluding steroid dienone is 26. The highest BCUT2D eigenvalue weighted by Crippen LogP contribution is 2.09. The van der Waals surface area contributed by atoms with Crippen molar-refractivity contribution in [1.29, 1.82) is 0 Å². The van der Waals surface area contributed by atoms with Crippen LogP contribution in [0.3, 0.4) is 0 Å². The maximum Gasteiger partial charge on any atom is 0.150 e. The van der Waals surface area contributed by atoms with Crippen molar-refractivity contribution >= 4 is 6.29 Å². The fraction of sp³-hybridized carbons (Fsp3) is 0.325. The van der Waals surface area contributed by atoms with Gasteiger partial charge in [-0.15, -0.1) is 0 Å². The molecule has 0 atom stereocenters. The monoisotopic (exact) mass is 550 g/mol. The van der Waals surface area contributed by atoms with Gasteiger partial charge in [-0.3, -0.25) is 4.79 Å². The van der Waals surface area contributed by atoms with Crippen LogP contribution in [0, 0.1) is 0 Å². The van der Waals surface area contributed by atoms with Gasteiger partial charge >= 0.3 is 0 Å². The average Bonchev–Trinajstić information content (AvgIpc) is 2.89. The molecule has 0 fully saturated rings. The first-order valence-electron chi connectivity index (χ1n) is 14.7. The fourth-order valence-electron chi connectivity index (χ4n) is 3.41. The number of hydrogen-bond acceptors (Lipinski definition) is 1. The summed E-state index contributed by atoms with van der Waals surface area (Å²) in [6, 6.07) is 0. The summed E-state index contributed by atoms with van der Waals surface area (Å²) in [6.45, 7) is 19.1. The van der Waals surface area contributed by atoms with Crippen molar-refractivity contribution in [2.75, 3.05) is 0 Å². The second kappa shape index (κ2) is 24.1. The molecule has 0 N–H and O–H groups in total. The maximum absolute atomic E-state index is 11.4. The van der Waals surface area contributed by atoms with Crippen molar-refractivity contribution < 1.29 is 4.79 Å². The highest BCUT2D eigenvalue weighted by atomic mass is 16.1. The molecule has 1 nitrogen and oxygen atoms in total. The first kappa shape index (κ1) is 37.3. The lowest BCUT2D eigenvalue weighted by Gasteiger charge is -1.96. The van der Waals surface area contributed by atoms with Gasteiger partial charge in [0.2, 0.25) is 0 Å². The van der Waals surface area contributed by atoms with Gasteiger partial charge < -0.3 is 0 Å². The summed E-state index contributed by atoms with van der Waals surface area (Å²) in [7, 11) is 0. The van der Waals surface area contributed by atoms with Gasteiger partial charge in [0.05, 0.1) is 0 Å². The molecule has 0 amide bonds. The van der Waals surface area contributed by atoms with Crippen molar-refractivity contribution in [2.45, 2.75) is 88.0 Å². The van der Waals surface area contributed by atoms with E-state index in [1.807, 2.05) is 42.5 Å². The number of carbonyl (C=O) groups is 1. The maximum atomic E-state index is 11.4. The highest BCUT2D eigenvalue weighted by Gasteiger charge is 1.89. The minimum absolute atomic E-state index is 0.623. The molecule has 0 aliphatic heterocycles. The van der Waals surface area contributed by atoms with E-state index in [9.17, 15) is 4.79 Å². The van der Waals surface area contributed by atoms with Crippen LogP contribution in [-0.4, -0.2) is 6.29 Å². The van der Waals surface area contributed by atoms with Crippen LogP contribution in [0.2, 0.25) is 0 Å². The first-order chi connectivity index (χ1) is 19.5. The van der Waals surface area contributed by atoms with Crippen LogP contribution < -0.4 is 0 Å². The molecule has 220 valence electrons. The largest absolute Gasteiger partial charge is 0.298 e. The molecule has 0 aromatic carbocycles. The summed E-state index contributed by atoms with van der Waals surface area (Å²) in [5, 5.41) is 0. The van der Waals surface area contributed by atoms with Crippen LogP contribution in [-0.2, 0) is 4.79 Å². The minimum Gasteiger partial charge on any atom is -0.298 e. The Morgan fingerprint density at radius 2 is 0.805 bits per heavy atom. The Bertz CT molecular complexity index is 1190. The number of carbonyl (C=O) groups excluding carboxylic acids is 1. The summed E-state index contributed by atoms with van der Waals surface area (Å²) in [6.07, 6.45) is 42.2. The third-order valence-electron chi connectivity index (χ3n) is 5.92. The molecule has 0 radical (unpaired) electrons. The van der Waals surface area contributed by atoms with Gasteiger partial charge in [0.25, 0.3) is 0 Å². The topological polar surface area (TPSA) is 17.1 Å². The second-order valence-electron chi connectivity index (χ2n) is 11.0. The van der Waals surface area contributed by atoms with E-state index in [4.69, 9.17) is 0 Å². The van der Waals surface area contributed by atoms with E-state index >= 15 is 0 Å². The molecule has 0 heterocycles. The van der Waals surface area contributed by atoms with Crippen molar-refractivity contribution in [2.24, 2.45) is 0 Å². The van der Waals surface area contributed by atoms with E-state index in [1.165, 1.54) is 27.9 Å². The van der Waals surface area contributed by atoms with Crippen LogP contribution >= 0.6 is 0 Å². The Hall–Kier alpha value is -3.71. The van der Waals surface area contributed by atoms with Crippen LogP contribution in [0.1, 0.15) is 88.0 Å². The lowest BCUT2D eigenvalue weighted by atomic mass is 10.1. The summed E-state index contributed by atoms with van der Waals surface area (Å²) < 4.78 is 0. The van der Waals surface area contributed by atoms with E-state index in [0.29, 0.717) is 5.57 Å². The Labute approximate surface area is 252 Å². The predicted octanol–water partition coefficient (Wildman–Crippen LogP) is 12.1. The van der Waals surface area contributed by atoms with E-state index in [1.54, 1.807) is 0 Å². The van der Waals surface area contributed by atoms with Crippen LogP contribution in [0.4, 0.5) is 0 Å². The third kappa shape index (κ3) is 25.0. The Balaban J connectivity index is 4.86. The van der Waals surface area contributed by atoms with Crippen molar-refractivity contribution in [3.63, 3.8) is 0 Å². The zero-order chi connectivity index (χ0) is 30.9. The van der Waals surface area contributed by atoms with E-state index in [2.05, 4.69) is 129 Å². The molecule has 0 spiro atoms. The SMILES string of the molecule is CC(C)=CCCC(C)=CC=CC(C)=CC=CC(C)=CC=CC=C(C=O)C=CC=C(C)C=CC=C(C)CCC=C(C)C. The summed E-state index contributed by atoms with van der Waals surface area (Å²) in [5.41, 5.74) is 9.57. The lowest BCUT2D eigenvalue weighted by Crippen LogP contribution is -1.77. The molecule has 0 saturated heterocycles. The molecule has 0 rings (SSSR count). The fourth-order valence-corrected chi connectivity index (χ4v) is 3.41. The molecule has 0 aliphatic carbocycles. The summed E-state index contributed by atoms with van der Waals surface area (Å²) >= 11 is 0. The molecular weight excluding hydrogens is 496 g/mol. The van der Waals surface area contributed by atoms with Crippen LogP contribution in [0.25, 0.3) is 0 Å². The second-order valence-corrected chi connectivity index (χ2v) is 11.0. The van der Waals surface area contributed by atoms with Crippen LogP contribution in [0.15, 0.2) is 154 Å². The standard InChI is InChI=1S/C40H54O/c1-33(2)18-12-21-36(6)24-15-27-38(8)26-14-23-35(5)20-10-11-30-40(32-41)31-17-29-39(9)28-16-25-37(7)22-13-19-34(3)4/h10-11,14-20,23-32H,12-13,21-22H2,1-9H3. The Morgan fingerprint density at radius 1 is 0.439 bits per heavy atom. The predicted molar refractivity (Wildman–Crippen MR) is 186 cm³/mol. The molecule has 1 heteroatoms. The van der Waals surface area contributed by atoms with Crippen LogP contribution in [0.5, 0.6) is 0 Å². The number of rotatable bonds is 17. The smallest absolute Gasteiger partial charge is 0.150 e. The summed E-state index contributed by atoms with van der Waals surface area (Å²) in [5.74, 6) is 0. The molecule has 0 unspecified atom stereocenters. The molecule has 0 bridgehead atoms. The van der Waals surface area contributed by atoms with E-state index in [0.717, 1.165) is 43.1 Å². The zero-order valence-corrected chi connectivity index (χ0v) is 27.2. The normalized spacial score (nSPS) is 14.9.